The molecule has 3 heteroatoms. The molecule has 7 heavy (non-hydrogen) atoms. The molecule has 0 unspecified atom stereocenters. The Morgan fingerprint density at radius 1 is 1.57 bits per heavy atom. The van der Waals surface area contributed by atoms with Crippen LogP contribution in [0.1, 0.15) is 6.92 Å². The van der Waals surface area contributed by atoms with Gasteiger partial charge in [0.05, 0.1) is 0 Å². The van der Waals surface area contributed by atoms with E-state index in [1.54, 1.807) is 0 Å². The predicted octanol–water partition coefficient (Wildman–Crippen LogP) is 1.16. The summed E-state index contributed by atoms with van der Waals surface area (Å²) in [4.78, 5) is 0. The molecule has 0 radical (unpaired) electrons. The Kier molecular flexibility index (Phi) is 2.58. The summed E-state index contributed by atoms with van der Waals surface area (Å²) in [6.07, 6.45) is 0. The average molecular weight is 186 g/mol. The average Bonchev–Trinajstić information content (AvgIpc) is 1.32. The molecule has 1 aliphatic rings. The predicted molar refractivity (Wildman–Crippen MR) is 37.4 cm³/mol. The van der Waals surface area contributed by atoms with Crippen molar-refractivity contribution >= 4 is 28.3 Å². The Hall–Kier alpha value is 0.730. The lowest BCUT2D eigenvalue weighted by Gasteiger charge is -2.32. The van der Waals surface area contributed by atoms with Crippen molar-refractivity contribution in [2.45, 2.75) is 11.2 Å². The number of rotatable bonds is 0. The first-order valence-corrected chi connectivity index (χ1v) is 2.90. The second-order valence-electron chi connectivity index (χ2n) is 2.02. The van der Waals surface area contributed by atoms with Crippen LogP contribution in [0, 0.1) is 0 Å². The van der Waals surface area contributed by atoms with E-state index in [9.17, 15) is 0 Å². The lowest BCUT2D eigenvalue weighted by molar-refractivity contribution is 0.431. The zero-order valence-electron chi connectivity index (χ0n) is 4.20. The third kappa shape index (κ3) is 1.98. The molecular formula is C4H9BrClN. The fourth-order valence-corrected chi connectivity index (χ4v) is 0.866. The van der Waals surface area contributed by atoms with Crippen LogP contribution in [0.4, 0.5) is 0 Å². The monoisotopic (exact) mass is 185 g/mol. The molecule has 0 spiro atoms. The highest BCUT2D eigenvalue weighted by atomic mass is 79.9. The maximum Gasteiger partial charge on any atom is 0.0478 e. The number of hydrogen-bond donors (Lipinski definition) is 1. The Morgan fingerprint density at radius 3 is 1.86 bits per heavy atom. The smallest absolute Gasteiger partial charge is 0.0478 e. The van der Waals surface area contributed by atoms with E-state index in [0.717, 1.165) is 13.1 Å². The molecule has 0 aliphatic carbocycles. The Balaban J connectivity index is 0.000000360. The van der Waals surface area contributed by atoms with Crippen molar-refractivity contribution in [3.05, 3.63) is 0 Å². The molecule has 0 bridgehead atoms. The molecule has 1 fully saturated rings. The summed E-state index contributed by atoms with van der Waals surface area (Å²) < 4.78 is 0.424. The van der Waals surface area contributed by atoms with E-state index in [2.05, 4.69) is 28.2 Å². The third-order valence-electron chi connectivity index (χ3n) is 0.987. The first-order chi connectivity index (χ1) is 2.71. The highest BCUT2D eigenvalue weighted by Crippen LogP contribution is 2.20. The van der Waals surface area contributed by atoms with Crippen LogP contribution in [0.25, 0.3) is 0 Å². The standard InChI is InChI=1S/C4H8BrN.ClH/c1-4(5)2-6-3-4;/h6H,2-3H2,1H3;1H. The van der Waals surface area contributed by atoms with E-state index in [1.807, 2.05) is 0 Å². The van der Waals surface area contributed by atoms with Gasteiger partial charge in [-0.15, -0.1) is 12.4 Å². The summed E-state index contributed by atoms with van der Waals surface area (Å²) in [6.45, 7) is 4.42. The normalized spacial score (nSPS) is 24.9. The molecular weight excluding hydrogens is 177 g/mol. The van der Waals surface area contributed by atoms with Gasteiger partial charge in [0.2, 0.25) is 0 Å². The van der Waals surface area contributed by atoms with Gasteiger partial charge in [-0.2, -0.15) is 0 Å². The van der Waals surface area contributed by atoms with Crippen LogP contribution in [0.15, 0.2) is 0 Å². The quantitative estimate of drug-likeness (QED) is 0.560. The van der Waals surface area contributed by atoms with E-state index in [-0.39, 0.29) is 12.4 Å². The largest absolute Gasteiger partial charge is 0.314 e. The Labute approximate surface area is 58.4 Å². The molecule has 0 atom stereocenters. The molecule has 1 N–H and O–H groups in total. The van der Waals surface area contributed by atoms with Crippen molar-refractivity contribution in [2.75, 3.05) is 13.1 Å². The van der Waals surface area contributed by atoms with Gasteiger partial charge in [-0.1, -0.05) is 15.9 Å². The molecule has 0 saturated carbocycles. The van der Waals surface area contributed by atoms with Crippen molar-refractivity contribution < 1.29 is 0 Å². The molecule has 0 amide bonds. The number of nitrogens with one attached hydrogen (secondary N) is 1. The fourth-order valence-electron chi connectivity index (χ4n) is 0.469. The molecule has 1 heterocycles. The van der Waals surface area contributed by atoms with Crippen LogP contribution in [-0.2, 0) is 0 Å². The summed E-state index contributed by atoms with van der Waals surface area (Å²) in [5.41, 5.74) is 0. The minimum atomic E-state index is 0. The molecule has 1 aliphatic heterocycles. The maximum absolute atomic E-state index is 3.50. The highest BCUT2D eigenvalue weighted by molar-refractivity contribution is 9.10. The van der Waals surface area contributed by atoms with Gasteiger partial charge in [0.15, 0.2) is 0 Å². The second-order valence-corrected chi connectivity index (χ2v) is 3.93. The van der Waals surface area contributed by atoms with E-state index >= 15 is 0 Å². The molecule has 0 aromatic carbocycles. The van der Waals surface area contributed by atoms with Crippen LogP contribution >= 0.6 is 28.3 Å². The van der Waals surface area contributed by atoms with Crippen molar-refractivity contribution in [1.82, 2.24) is 5.32 Å². The van der Waals surface area contributed by atoms with Gasteiger partial charge in [-0.25, -0.2) is 0 Å². The molecule has 1 nitrogen and oxygen atoms in total. The lowest BCUT2D eigenvalue weighted by atomic mass is 10.1. The zero-order valence-corrected chi connectivity index (χ0v) is 6.60. The second kappa shape index (κ2) is 2.33. The maximum atomic E-state index is 3.50. The fraction of sp³-hybridized carbons (Fsp3) is 1.00. The van der Waals surface area contributed by atoms with E-state index in [4.69, 9.17) is 0 Å². The van der Waals surface area contributed by atoms with Crippen molar-refractivity contribution in [1.29, 1.82) is 0 Å². The van der Waals surface area contributed by atoms with E-state index in [1.165, 1.54) is 0 Å². The van der Waals surface area contributed by atoms with Gasteiger partial charge in [0.1, 0.15) is 0 Å². The first-order valence-electron chi connectivity index (χ1n) is 2.10. The van der Waals surface area contributed by atoms with Crippen molar-refractivity contribution in [2.24, 2.45) is 0 Å². The lowest BCUT2D eigenvalue weighted by Crippen LogP contribution is -2.52. The van der Waals surface area contributed by atoms with Gasteiger partial charge in [0.25, 0.3) is 0 Å². The van der Waals surface area contributed by atoms with Crippen LogP contribution in [0.3, 0.4) is 0 Å². The van der Waals surface area contributed by atoms with Gasteiger partial charge < -0.3 is 5.32 Å². The van der Waals surface area contributed by atoms with Crippen molar-refractivity contribution in [3.8, 4) is 0 Å². The van der Waals surface area contributed by atoms with E-state index < -0.39 is 0 Å². The Bertz CT molecular complexity index is 58.7. The molecule has 1 rings (SSSR count). The number of alkyl halides is 1. The summed E-state index contributed by atoms with van der Waals surface area (Å²) in [6, 6.07) is 0. The summed E-state index contributed by atoms with van der Waals surface area (Å²) in [7, 11) is 0. The van der Waals surface area contributed by atoms with Gasteiger partial charge >= 0.3 is 0 Å². The van der Waals surface area contributed by atoms with E-state index in [0.29, 0.717) is 4.32 Å². The summed E-state index contributed by atoms with van der Waals surface area (Å²) >= 11 is 3.50. The molecule has 44 valence electrons. The third-order valence-corrected chi connectivity index (χ3v) is 1.55. The first kappa shape index (κ1) is 7.73. The number of hydrogen-bond acceptors (Lipinski definition) is 1. The van der Waals surface area contributed by atoms with Gasteiger partial charge in [-0.05, 0) is 6.92 Å². The number of halogens is 2. The van der Waals surface area contributed by atoms with Crippen molar-refractivity contribution in [3.63, 3.8) is 0 Å². The van der Waals surface area contributed by atoms with Gasteiger partial charge in [0, 0.05) is 17.4 Å². The van der Waals surface area contributed by atoms with Crippen LogP contribution in [0.5, 0.6) is 0 Å². The minimum Gasteiger partial charge on any atom is -0.314 e. The SMILES string of the molecule is CC1(Br)CNC1.Cl. The van der Waals surface area contributed by atoms with Crippen LogP contribution in [0.2, 0.25) is 0 Å². The molecule has 0 aromatic rings. The highest BCUT2D eigenvalue weighted by Gasteiger charge is 2.27. The van der Waals surface area contributed by atoms with Crippen LogP contribution in [-0.4, -0.2) is 17.4 Å². The molecule has 0 aromatic heterocycles. The zero-order chi connectivity index (χ0) is 4.62. The molecule has 1 saturated heterocycles. The minimum absolute atomic E-state index is 0. The summed E-state index contributed by atoms with van der Waals surface area (Å²) in [5.74, 6) is 0. The summed E-state index contributed by atoms with van der Waals surface area (Å²) in [5, 5.41) is 3.15. The topological polar surface area (TPSA) is 12.0 Å². The Morgan fingerprint density at radius 2 is 1.86 bits per heavy atom. The van der Waals surface area contributed by atoms with Gasteiger partial charge in [-0.3, -0.25) is 0 Å². The van der Waals surface area contributed by atoms with Crippen LogP contribution < -0.4 is 5.32 Å².